The van der Waals surface area contributed by atoms with E-state index in [0.717, 1.165) is 57.9 Å². The smallest absolute Gasteiger partial charge is 0.227 e. The van der Waals surface area contributed by atoms with Crippen LogP contribution < -0.4 is 15.5 Å². The Labute approximate surface area is 196 Å². The first-order chi connectivity index (χ1) is 16.0. The minimum Gasteiger partial charge on any atom is -0.375 e. The van der Waals surface area contributed by atoms with E-state index in [1.807, 2.05) is 18.2 Å². The summed E-state index contributed by atoms with van der Waals surface area (Å²) in [5.41, 5.74) is 0.642. The number of rotatable bonds is 11. The number of carbonyl (C=O) groups is 2. The second-order valence-corrected chi connectivity index (χ2v) is 9.00. The van der Waals surface area contributed by atoms with Crippen molar-refractivity contribution in [3.63, 3.8) is 0 Å². The molecule has 2 aromatic rings. The van der Waals surface area contributed by atoms with Gasteiger partial charge in [-0.1, -0.05) is 49.0 Å². The van der Waals surface area contributed by atoms with Gasteiger partial charge in [0.25, 0.3) is 0 Å². The number of unbranched alkanes of at least 4 members (excludes halogenated alkanes) is 1. The zero-order valence-corrected chi connectivity index (χ0v) is 19.9. The third kappa shape index (κ3) is 7.58. The van der Waals surface area contributed by atoms with Gasteiger partial charge >= 0.3 is 0 Å². The monoisotopic (exact) mass is 455 g/mol. The highest BCUT2D eigenvalue weighted by Gasteiger charge is 2.38. The van der Waals surface area contributed by atoms with Crippen LogP contribution >= 0.6 is 0 Å². The molecule has 8 nitrogen and oxygen atoms in total. The van der Waals surface area contributed by atoms with E-state index >= 15 is 0 Å². The molecule has 0 atom stereocenters. The summed E-state index contributed by atoms with van der Waals surface area (Å²) in [6.07, 6.45) is 8.59. The van der Waals surface area contributed by atoms with Gasteiger partial charge in [0.1, 0.15) is 5.54 Å². The zero-order chi connectivity index (χ0) is 23.5. The molecule has 2 N–H and O–H groups in total. The van der Waals surface area contributed by atoms with Crippen molar-refractivity contribution in [2.75, 3.05) is 25.0 Å². The quantitative estimate of drug-likeness (QED) is 0.396. The second-order valence-electron chi connectivity index (χ2n) is 9.00. The van der Waals surface area contributed by atoms with Gasteiger partial charge in [-0.2, -0.15) is 4.98 Å². The SMILES string of the molecule is CC(=O)NC1(c2noc(CCC(=O)NCCCCN(C)c3ccccc3)n2)CCCCCC1. The molecule has 1 fully saturated rings. The lowest BCUT2D eigenvalue weighted by Crippen LogP contribution is -2.45. The Morgan fingerprint density at radius 2 is 1.82 bits per heavy atom. The van der Waals surface area contributed by atoms with Crippen LogP contribution in [0.4, 0.5) is 5.69 Å². The molecule has 1 saturated carbocycles. The molecule has 0 aliphatic heterocycles. The number of benzene rings is 1. The summed E-state index contributed by atoms with van der Waals surface area (Å²) in [6.45, 7) is 3.13. The molecule has 180 valence electrons. The predicted molar refractivity (Wildman–Crippen MR) is 128 cm³/mol. The van der Waals surface area contributed by atoms with E-state index in [-0.39, 0.29) is 11.8 Å². The zero-order valence-electron chi connectivity index (χ0n) is 19.9. The Hall–Kier alpha value is -2.90. The number of para-hydroxylation sites is 1. The molecule has 0 saturated heterocycles. The van der Waals surface area contributed by atoms with E-state index in [9.17, 15) is 9.59 Å². The van der Waals surface area contributed by atoms with Gasteiger partial charge in [0.15, 0.2) is 5.82 Å². The van der Waals surface area contributed by atoms with Gasteiger partial charge in [-0.25, -0.2) is 0 Å². The van der Waals surface area contributed by atoms with Crippen LogP contribution in [0.5, 0.6) is 0 Å². The van der Waals surface area contributed by atoms with Crippen molar-refractivity contribution in [3.05, 3.63) is 42.0 Å². The number of anilines is 1. The normalized spacial score (nSPS) is 15.5. The molecule has 1 aromatic heterocycles. The molecular formula is C25H37N5O3. The van der Waals surface area contributed by atoms with E-state index in [1.54, 1.807) is 0 Å². The van der Waals surface area contributed by atoms with E-state index in [0.29, 0.717) is 31.1 Å². The van der Waals surface area contributed by atoms with E-state index in [1.165, 1.54) is 12.6 Å². The highest BCUT2D eigenvalue weighted by Crippen LogP contribution is 2.34. The first-order valence-corrected chi connectivity index (χ1v) is 12.1. The summed E-state index contributed by atoms with van der Waals surface area (Å²) < 4.78 is 5.43. The molecule has 1 aromatic carbocycles. The lowest BCUT2D eigenvalue weighted by Gasteiger charge is -2.30. The van der Waals surface area contributed by atoms with Crippen LogP contribution in [-0.2, 0) is 21.5 Å². The fraction of sp³-hybridized carbons (Fsp3) is 0.600. The summed E-state index contributed by atoms with van der Waals surface area (Å²) in [5, 5.41) is 10.2. The molecule has 0 unspecified atom stereocenters. The number of aryl methyl sites for hydroxylation is 1. The largest absolute Gasteiger partial charge is 0.375 e. The third-order valence-corrected chi connectivity index (χ3v) is 6.27. The van der Waals surface area contributed by atoms with Gasteiger partial charge in [-0.3, -0.25) is 9.59 Å². The van der Waals surface area contributed by atoms with Crippen LogP contribution in [0.3, 0.4) is 0 Å². The molecular weight excluding hydrogens is 418 g/mol. The van der Waals surface area contributed by atoms with Crippen molar-refractivity contribution >= 4 is 17.5 Å². The molecule has 1 aliphatic carbocycles. The average molecular weight is 456 g/mol. The van der Waals surface area contributed by atoms with E-state index < -0.39 is 5.54 Å². The summed E-state index contributed by atoms with van der Waals surface area (Å²) in [5.74, 6) is 0.881. The van der Waals surface area contributed by atoms with Crippen LogP contribution in [0.15, 0.2) is 34.9 Å². The van der Waals surface area contributed by atoms with Crippen molar-refractivity contribution in [3.8, 4) is 0 Å². The van der Waals surface area contributed by atoms with E-state index in [2.05, 4.69) is 44.9 Å². The molecule has 8 heteroatoms. The lowest BCUT2D eigenvalue weighted by atomic mass is 9.89. The highest BCUT2D eigenvalue weighted by atomic mass is 16.5. The molecule has 1 heterocycles. The summed E-state index contributed by atoms with van der Waals surface area (Å²) >= 11 is 0. The number of hydrogen-bond acceptors (Lipinski definition) is 6. The van der Waals surface area contributed by atoms with Crippen molar-refractivity contribution in [1.29, 1.82) is 0 Å². The fourth-order valence-corrected chi connectivity index (χ4v) is 4.45. The fourth-order valence-electron chi connectivity index (χ4n) is 4.45. The average Bonchev–Trinajstić information content (AvgIpc) is 3.17. The maximum absolute atomic E-state index is 12.2. The molecule has 33 heavy (non-hydrogen) atoms. The Morgan fingerprint density at radius 3 is 2.52 bits per heavy atom. The van der Waals surface area contributed by atoms with Crippen LogP contribution in [-0.4, -0.2) is 42.1 Å². The number of amides is 2. The molecule has 0 radical (unpaired) electrons. The lowest BCUT2D eigenvalue weighted by molar-refractivity contribution is -0.122. The van der Waals surface area contributed by atoms with Crippen LogP contribution in [0.2, 0.25) is 0 Å². The molecule has 1 aliphatic rings. The maximum atomic E-state index is 12.2. The molecule has 2 amide bonds. The number of nitrogens with one attached hydrogen (secondary N) is 2. The van der Waals surface area contributed by atoms with Crippen molar-refractivity contribution in [1.82, 2.24) is 20.8 Å². The van der Waals surface area contributed by atoms with Gasteiger partial charge < -0.3 is 20.1 Å². The van der Waals surface area contributed by atoms with Crippen LogP contribution in [0.1, 0.15) is 76.4 Å². The Bertz CT molecular complexity index is 875. The van der Waals surface area contributed by atoms with Gasteiger partial charge in [0.2, 0.25) is 17.7 Å². The minimum absolute atomic E-state index is 0.0165. The third-order valence-electron chi connectivity index (χ3n) is 6.27. The van der Waals surface area contributed by atoms with Crippen molar-refractivity contribution in [2.45, 2.75) is 76.7 Å². The maximum Gasteiger partial charge on any atom is 0.227 e. The number of nitrogens with zero attached hydrogens (tertiary/aromatic N) is 3. The number of carbonyl (C=O) groups excluding carboxylic acids is 2. The number of hydrogen-bond donors (Lipinski definition) is 2. The molecule has 0 spiro atoms. The van der Waals surface area contributed by atoms with E-state index in [4.69, 9.17) is 4.52 Å². The first kappa shape index (κ1) is 24.7. The van der Waals surface area contributed by atoms with Gasteiger partial charge in [0.05, 0.1) is 0 Å². The second kappa shape index (κ2) is 12.4. The summed E-state index contributed by atoms with van der Waals surface area (Å²) in [4.78, 5) is 30.8. The summed E-state index contributed by atoms with van der Waals surface area (Å²) in [7, 11) is 2.08. The van der Waals surface area contributed by atoms with Crippen molar-refractivity contribution in [2.24, 2.45) is 0 Å². The first-order valence-electron chi connectivity index (χ1n) is 12.1. The topological polar surface area (TPSA) is 100 Å². The van der Waals surface area contributed by atoms with Gasteiger partial charge in [-0.15, -0.1) is 0 Å². The van der Waals surface area contributed by atoms with Crippen molar-refractivity contribution < 1.29 is 14.1 Å². The van der Waals surface area contributed by atoms with Crippen LogP contribution in [0.25, 0.3) is 0 Å². The van der Waals surface area contributed by atoms with Gasteiger partial charge in [0, 0.05) is 45.6 Å². The predicted octanol–water partition coefficient (Wildman–Crippen LogP) is 3.72. The molecule has 3 rings (SSSR count). The Morgan fingerprint density at radius 1 is 1.09 bits per heavy atom. The highest BCUT2D eigenvalue weighted by molar-refractivity contribution is 5.76. The van der Waals surface area contributed by atoms with Crippen LogP contribution in [0, 0.1) is 0 Å². The minimum atomic E-state index is -0.556. The number of aromatic nitrogens is 2. The van der Waals surface area contributed by atoms with Gasteiger partial charge in [-0.05, 0) is 37.8 Å². The Kier molecular flexibility index (Phi) is 9.27. The molecule has 0 bridgehead atoms. The standard InChI is InChI=1S/C25H37N5O3/c1-20(31)28-25(16-8-3-4-9-17-25)24-27-23(33-29-24)15-14-22(32)26-18-10-11-19-30(2)21-12-6-5-7-13-21/h5-7,12-13H,3-4,8-11,14-19H2,1-2H3,(H,26,32)(H,28,31). The Balaban J connectivity index is 1.39. The summed E-state index contributed by atoms with van der Waals surface area (Å²) in [6, 6.07) is 10.3.